The van der Waals surface area contributed by atoms with E-state index in [0.717, 1.165) is 28.4 Å². The number of ether oxygens (including phenoxy) is 2. The van der Waals surface area contributed by atoms with Crippen LogP contribution in [-0.4, -0.2) is 96.8 Å². The molecular weight excluding hydrogens is 810 g/mol. The van der Waals surface area contributed by atoms with E-state index in [1.807, 2.05) is 42.7 Å². The molecule has 2 aliphatic heterocycles. The quantitative estimate of drug-likeness (QED) is 0.159. The molecule has 0 spiro atoms. The van der Waals surface area contributed by atoms with Gasteiger partial charge in [0.1, 0.15) is 51.7 Å². The number of amides is 3. The van der Waals surface area contributed by atoms with E-state index in [1.54, 1.807) is 19.2 Å². The molecule has 0 unspecified atom stereocenters. The number of nitrogens with one attached hydrogen (secondary N) is 3. The maximum Gasteiger partial charge on any atom is 0.303 e. The zero-order valence-corrected chi connectivity index (χ0v) is 36.3. The molecule has 320 valence electrons. The van der Waals surface area contributed by atoms with Crippen LogP contribution in [0.25, 0.3) is 21.6 Å². The number of carbonyl (C=O) groups is 3. The lowest BCUT2D eigenvalue weighted by molar-refractivity contribution is -0.140. The van der Waals surface area contributed by atoms with E-state index >= 15 is 0 Å². The van der Waals surface area contributed by atoms with Crippen LogP contribution in [0, 0.1) is 18.7 Å². The number of hydrogen-bond acceptors (Lipinski definition) is 11. The van der Waals surface area contributed by atoms with Gasteiger partial charge in [-0.2, -0.15) is 12.7 Å². The zero-order valence-electron chi connectivity index (χ0n) is 34.7. The van der Waals surface area contributed by atoms with Crippen molar-refractivity contribution in [3.05, 3.63) is 77.1 Å². The number of carbonyl (C=O) groups excluding carboxylic acids is 3. The molecule has 2 aromatic carbocycles. The van der Waals surface area contributed by atoms with E-state index in [4.69, 9.17) is 19.4 Å². The molecule has 4 heterocycles. The van der Waals surface area contributed by atoms with Crippen molar-refractivity contribution in [3.8, 4) is 22.2 Å². The van der Waals surface area contributed by atoms with Crippen molar-refractivity contribution in [2.75, 3.05) is 33.1 Å². The van der Waals surface area contributed by atoms with E-state index in [9.17, 15) is 27.2 Å². The Bertz CT molecular complexity index is 2420. The molecule has 3 N–H and O–H groups in total. The van der Waals surface area contributed by atoms with Crippen LogP contribution in [0.5, 0.6) is 11.5 Å². The van der Waals surface area contributed by atoms with Gasteiger partial charge >= 0.3 is 10.2 Å². The Labute approximate surface area is 354 Å². The number of halogens is 1. The first-order chi connectivity index (χ1) is 28.6. The van der Waals surface area contributed by atoms with Crippen LogP contribution < -0.4 is 24.8 Å². The third-order valence-corrected chi connectivity index (χ3v) is 13.8. The lowest BCUT2D eigenvalue weighted by Crippen LogP contribution is -2.58. The third kappa shape index (κ3) is 8.98. The first-order valence-corrected chi connectivity index (χ1v) is 22.6. The number of aromatic nitrogens is 2. The van der Waals surface area contributed by atoms with Gasteiger partial charge in [-0.15, -0.1) is 11.3 Å². The lowest BCUT2D eigenvalue weighted by atomic mass is 10.0. The predicted octanol–water partition coefficient (Wildman–Crippen LogP) is 6.08. The average molecular weight is 862 g/mol. The number of pyridine rings is 1. The summed E-state index contributed by atoms with van der Waals surface area (Å²) in [5, 5.41) is 9.56. The number of hydrogen-bond donors (Lipinski definition) is 3. The molecule has 0 radical (unpaired) electrons. The second-order valence-corrected chi connectivity index (χ2v) is 19.0. The Hall–Kier alpha value is -5.13. The molecule has 2 aromatic heterocycles. The Kier molecular flexibility index (Phi) is 12.5. The molecule has 17 heteroatoms. The minimum Gasteiger partial charge on any atom is -0.496 e. The summed E-state index contributed by atoms with van der Waals surface area (Å²) in [7, 11) is 0.0163. The highest BCUT2D eigenvalue weighted by Crippen LogP contribution is 2.46. The van der Waals surface area contributed by atoms with Gasteiger partial charge in [-0.05, 0) is 68.9 Å². The molecule has 3 amide bonds. The summed E-state index contributed by atoms with van der Waals surface area (Å²) in [5.41, 5.74) is 1.85. The van der Waals surface area contributed by atoms with Crippen molar-refractivity contribution >= 4 is 55.9 Å². The fourth-order valence-corrected chi connectivity index (χ4v) is 9.44. The molecule has 1 saturated carbocycles. The van der Waals surface area contributed by atoms with Crippen molar-refractivity contribution in [2.24, 2.45) is 5.92 Å². The monoisotopic (exact) mass is 861 g/mol. The van der Waals surface area contributed by atoms with Crippen LogP contribution in [0.15, 0.2) is 60.0 Å². The summed E-state index contributed by atoms with van der Waals surface area (Å²) in [6.07, 6.45) is 6.73. The highest BCUT2D eigenvalue weighted by Gasteiger charge is 2.61. The third-order valence-electron chi connectivity index (χ3n) is 11.5. The average Bonchev–Trinajstić information content (AvgIpc) is 3.49. The second kappa shape index (κ2) is 17.5. The number of nitrogens with zero attached hydrogens (tertiary/aromatic N) is 4. The number of anilines is 1. The van der Waals surface area contributed by atoms with Crippen molar-refractivity contribution in [1.82, 2.24) is 29.2 Å². The molecule has 1 saturated heterocycles. The number of allylic oxidation sites excluding steroid dienone is 1. The molecule has 0 bridgehead atoms. The van der Waals surface area contributed by atoms with Crippen LogP contribution in [0.4, 0.5) is 10.1 Å². The number of rotatable bonds is 10. The van der Waals surface area contributed by atoms with Gasteiger partial charge in [0.2, 0.25) is 11.8 Å². The van der Waals surface area contributed by atoms with Crippen molar-refractivity contribution in [3.63, 3.8) is 0 Å². The summed E-state index contributed by atoms with van der Waals surface area (Å²) in [6, 6.07) is 9.50. The van der Waals surface area contributed by atoms with Crippen LogP contribution in [0.3, 0.4) is 0 Å². The molecule has 60 heavy (non-hydrogen) atoms. The van der Waals surface area contributed by atoms with Gasteiger partial charge < -0.3 is 25.0 Å². The highest BCUT2D eigenvalue weighted by molar-refractivity contribution is 7.87. The van der Waals surface area contributed by atoms with Gasteiger partial charge in [0, 0.05) is 54.5 Å². The van der Waals surface area contributed by atoms with Gasteiger partial charge in [-0.1, -0.05) is 44.9 Å². The van der Waals surface area contributed by atoms with E-state index in [1.165, 1.54) is 42.5 Å². The summed E-state index contributed by atoms with van der Waals surface area (Å²) < 4.78 is 55.5. The van der Waals surface area contributed by atoms with Gasteiger partial charge in [0.15, 0.2) is 0 Å². The smallest absolute Gasteiger partial charge is 0.303 e. The van der Waals surface area contributed by atoms with Crippen molar-refractivity contribution < 1.29 is 36.7 Å². The zero-order chi connectivity index (χ0) is 42.9. The largest absolute Gasteiger partial charge is 0.496 e. The molecule has 7 rings (SSSR count). The Morgan fingerprint density at radius 1 is 1.10 bits per heavy atom. The molecule has 2 fully saturated rings. The van der Waals surface area contributed by atoms with E-state index in [2.05, 4.69) is 29.2 Å². The topological polar surface area (TPSA) is 172 Å². The van der Waals surface area contributed by atoms with Crippen LogP contribution in [0.2, 0.25) is 0 Å². The normalized spacial score (nSPS) is 23.7. The predicted molar refractivity (Wildman–Crippen MR) is 229 cm³/mol. The molecule has 5 atom stereocenters. The van der Waals surface area contributed by atoms with Crippen molar-refractivity contribution in [1.29, 1.82) is 0 Å². The minimum atomic E-state index is -4.18. The first kappa shape index (κ1) is 43.0. The number of thiazole rings is 1. The Morgan fingerprint density at radius 2 is 1.90 bits per heavy atom. The second-order valence-electron chi connectivity index (χ2n) is 16.3. The Balaban J connectivity index is 1.26. The van der Waals surface area contributed by atoms with Crippen LogP contribution >= 0.6 is 11.3 Å². The number of fused-ring (bicyclic) bond motifs is 3. The molecule has 14 nitrogen and oxygen atoms in total. The van der Waals surface area contributed by atoms with E-state index in [0.29, 0.717) is 58.1 Å². The standard InChI is InChI=1S/C43H52FN7O7S2/c1-25(2)34-24-59-40(47-34)33-21-37(31-17-18-36(57-6)26(3)38(31)46-33)58-30-20-35-39(52)48-43(42(54)49-60(55,56)50(4)5)22-27(43)13-10-8-7-9-11-16-32(41(53)51(35)23-30)45-29-15-12-14-28(44)19-29/h10,12-15,17-19,21,24-25,27,30,32,35,45H,7-9,11,16,20,22-23H2,1-6H3,(H,48,52)(H,49,54)/t27-,30-,32+,35+,43-/m1/s1. The number of methoxy groups -OCH3 is 1. The summed E-state index contributed by atoms with van der Waals surface area (Å²) in [5.74, 6) is -1.45. The highest BCUT2D eigenvalue weighted by atomic mass is 32.2. The Morgan fingerprint density at radius 3 is 2.62 bits per heavy atom. The van der Waals surface area contributed by atoms with Gasteiger partial charge in [0.05, 0.1) is 24.9 Å². The molecule has 4 aromatic rings. The van der Waals surface area contributed by atoms with Crippen molar-refractivity contribution in [2.45, 2.75) is 95.4 Å². The van der Waals surface area contributed by atoms with E-state index < -0.39 is 57.5 Å². The molecular formula is C43H52FN7O7S2. The fraction of sp³-hybridized carbons (Fsp3) is 0.465. The number of benzene rings is 2. The van der Waals surface area contributed by atoms with Crippen LogP contribution in [-0.2, 0) is 24.6 Å². The molecule has 1 aliphatic carbocycles. The SMILES string of the molecule is COc1ccc2c(O[C@@H]3C[C@H]4C(=O)N[C@]5(C(=O)NS(=O)(=O)N(C)C)C[C@H]5C=CCCCCC[C@H](Nc5cccc(F)c5)C(=O)N4C3)cc(-c3nc(C(C)C)cs3)nc2c1C. The maximum absolute atomic E-state index is 14.8. The summed E-state index contributed by atoms with van der Waals surface area (Å²) in [6.45, 7) is 6.07. The van der Waals surface area contributed by atoms with Gasteiger partial charge in [-0.3, -0.25) is 14.4 Å². The van der Waals surface area contributed by atoms with Crippen LogP contribution in [0.1, 0.15) is 76.0 Å². The fourth-order valence-electron chi connectivity index (χ4n) is 7.90. The maximum atomic E-state index is 14.8. The first-order valence-electron chi connectivity index (χ1n) is 20.3. The molecule has 3 aliphatic rings. The van der Waals surface area contributed by atoms with Gasteiger partial charge in [0.25, 0.3) is 5.91 Å². The summed E-state index contributed by atoms with van der Waals surface area (Å²) in [4.78, 5) is 54.6. The lowest BCUT2D eigenvalue weighted by Gasteiger charge is -2.30. The van der Waals surface area contributed by atoms with E-state index in [-0.39, 0.29) is 31.2 Å². The summed E-state index contributed by atoms with van der Waals surface area (Å²) >= 11 is 1.48. The number of aryl methyl sites for hydroxylation is 1. The minimum absolute atomic E-state index is 0.0127. The van der Waals surface area contributed by atoms with Gasteiger partial charge in [-0.25, -0.2) is 19.1 Å².